The first-order valence-electron chi connectivity index (χ1n) is 9.41. The first-order valence-corrected chi connectivity index (χ1v) is 12.1. The molecule has 0 aliphatic carbocycles. The first kappa shape index (κ1) is 20.6. The molecule has 0 unspecified atom stereocenters. The fourth-order valence-electron chi connectivity index (χ4n) is 3.52. The molecule has 0 saturated heterocycles. The van der Waals surface area contributed by atoms with Crippen molar-refractivity contribution in [2.24, 2.45) is 0 Å². The molecule has 0 bridgehead atoms. The molecule has 9 heteroatoms. The van der Waals surface area contributed by atoms with Crippen molar-refractivity contribution in [1.29, 1.82) is 0 Å². The number of aromatic nitrogens is 1. The molecule has 1 amide bonds. The highest BCUT2D eigenvalue weighted by molar-refractivity contribution is 7.91. The van der Waals surface area contributed by atoms with E-state index in [2.05, 4.69) is 10.3 Å². The van der Waals surface area contributed by atoms with Crippen LogP contribution in [0.25, 0.3) is 11.3 Å². The number of anilines is 1. The number of hydrogen-bond donors (Lipinski definition) is 1. The van der Waals surface area contributed by atoms with Gasteiger partial charge in [-0.25, -0.2) is 13.4 Å². The molecule has 0 spiro atoms. The third kappa shape index (κ3) is 3.33. The van der Waals surface area contributed by atoms with Crippen molar-refractivity contribution in [3.63, 3.8) is 0 Å². The van der Waals surface area contributed by atoms with Gasteiger partial charge in [0, 0.05) is 32.7 Å². The lowest BCUT2D eigenvalue weighted by molar-refractivity contribution is 0.101. The van der Waals surface area contributed by atoms with E-state index in [9.17, 15) is 18.0 Å². The summed E-state index contributed by atoms with van der Waals surface area (Å²) < 4.78 is 26.1. The average molecular weight is 481 g/mol. The summed E-state index contributed by atoms with van der Waals surface area (Å²) in [4.78, 5) is 29.7. The predicted molar refractivity (Wildman–Crippen MR) is 122 cm³/mol. The second kappa shape index (κ2) is 7.67. The number of hydrogen-bond acceptors (Lipinski definition) is 6. The van der Waals surface area contributed by atoms with Crippen molar-refractivity contribution in [2.45, 2.75) is 9.79 Å². The van der Waals surface area contributed by atoms with E-state index >= 15 is 0 Å². The molecular formula is C23H13ClN2O4S2. The van der Waals surface area contributed by atoms with Gasteiger partial charge in [-0.1, -0.05) is 41.9 Å². The summed E-state index contributed by atoms with van der Waals surface area (Å²) in [5, 5.41) is 5.33. The van der Waals surface area contributed by atoms with Crippen molar-refractivity contribution in [1.82, 2.24) is 4.98 Å². The minimum atomic E-state index is -3.93. The molecule has 5 rings (SSSR count). The van der Waals surface area contributed by atoms with Crippen molar-refractivity contribution in [3.05, 3.63) is 93.8 Å². The Morgan fingerprint density at radius 1 is 0.906 bits per heavy atom. The Morgan fingerprint density at radius 3 is 2.38 bits per heavy atom. The van der Waals surface area contributed by atoms with Gasteiger partial charge < -0.3 is 0 Å². The maximum absolute atomic E-state index is 13.1. The van der Waals surface area contributed by atoms with Gasteiger partial charge >= 0.3 is 0 Å². The van der Waals surface area contributed by atoms with E-state index in [1.54, 1.807) is 23.6 Å². The molecule has 158 valence electrons. The molecule has 3 aromatic carbocycles. The van der Waals surface area contributed by atoms with Crippen LogP contribution in [0.3, 0.4) is 0 Å². The van der Waals surface area contributed by atoms with E-state index in [0.717, 1.165) is 5.56 Å². The molecule has 2 heterocycles. The lowest BCUT2D eigenvalue weighted by Crippen LogP contribution is -2.21. The number of carbonyl (C=O) groups excluding carboxylic acids is 2. The topological polar surface area (TPSA) is 93.2 Å². The third-order valence-corrected chi connectivity index (χ3v) is 8.01. The molecule has 32 heavy (non-hydrogen) atoms. The van der Waals surface area contributed by atoms with E-state index in [4.69, 9.17) is 11.6 Å². The van der Waals surface area contributed by atoms with Gasteiger partial charge in [-0.3, -0.25) is 14.9 Å². The number of amides is 1. The Hall–Kier alpha value is -3.33. The largest absolute Gasteiger partial charge is 0.298 e. The summed E-state index contributed by atoms with van der Waals surface area (Å²) in [6.45, 7) is 0. The van der Waals surface area contributed by atoms with Crippen LogP contribution in [0.2, 0.25) is 5.02 Å². The summed E-state index contributed by atoms with van der Waals surface area (Å²) >= 11 is 7.43. The van der Waals surface area contributed by atoms with Gasteiger partial charge in [0.2, 0.25) is 9.84 Å². The highest BCUT2D eigenvalue weighted by Gasteiger charge is 2.35. The van der Waals surface area contributed by atoms with Crippen LogP contribution in [0.4, 0.5) is 5.13 Å². The van der Waals surface area contributed by atoms with Gasteiger partial charge in [-0.15, -0.1) is 11.3 Å². The lowest BCUT2D eigenvalue weighted by Gasteiger charge is -2.19. The number of carbonyl (C=O) groups is 2. The molecule has 1 aliphatic rings. The number of thiazole rings is 1. The molecular weight excluding hydrogens is 468 g/mol. The first-order chi connectivity index (χ1) is 15.4. The molecule has 1 aromatic heterocycles. The minimum absolute atomic E-state index is 0.0514. The van der Waals surface area contributed by atoms with E-state index < -0.39 is 15.7 Å². The number of nitrogens with one attached hydrogen (secondary N) is 1. The predicted octanol–water partition coefficient (Wildman–Crippen LogP) is 5.09. The quantitative estimate of drug-likeness (QED) is 0.388. The lowest BCUT2D eigenvalue weighted by atomic mass is 10.0. The van der Waals surface area contributed by atoms with Crippen molar-refractivity contribution in [3.8, 4) is 11.3 Å². The third-order valence-electron chi connectivity index (χ3n) is 5.07. The Labute approximate surface area is 192 Å². The average Bonchev–Trinajstić information content (AvgIpc) is 3.26. The molecule has 6 nitrogen and oxygen atoms in total. The van der Waals surface area contributed by atoms with Gasteiger partial charge in [0.25, 0.3) is 5.91 Å². The van der Waals surface area contributed by atoms with Gasteiger partial charge in [0.1, 0.15) is 0 Å². The molecule has 1 N–H and O–H groups in total. The van der Waals surface area contributed by atoms with Crippen LogP contribution in [0.5, 0.6) is 0 Å². The Morgan fingerprint density at radius 2 is 1.59 bits per heavy atom. The van der Waals surface area contributed by atoms with E-state index in [0.29, 0.717) is 15.8 Å². The Bertz CT molecular complexity index is 1530. The van der Waals surface area contributed by atoms with Crippen LogP contribution < -0.4 is 5.32 Å². The van der Waals surface area contributed by atoms with Crippen LogP contribution in [0.15, 0.2) is 81.9 Å². The summed E-state index contributed by atoms with van der Waals surface area (Å²) in [5.74, 6) is -0.920. The second-order valence-electron chi connectivity index (χ2n) is 7.01. The number of halogens is 1. The number of nitrogens with zero attached hydrogens (tertiary/aromatic N) is 1. The maximum Gasteiger partial charge on any atom is 0.257 e. The fourth-order valence-corrected chi connectivity index (χ4v) is 6.13. The van der Waals surface area contributed by atoms with E-state index in [1.165, 1.54) is 41.7 Å². The van der Waals surface area contributed by atoms with E-state index in [-0.39, 0.29) is 32.3 Å². The molecule has 4 aromatic rings. The van der Waals surface area contributed by atoms with Crippen molar-refractivity contribution >= 4 is 49.6 Å². The smallest absolute Gasteiger partial charge is 0.257 e. The maximum atomic E-state index is 13.1. The summed E-state index contributed by atoms with van der Waals surface area (Å²) in [6.07, 6.45) is 0. The minimum Gasteiger partial charge on any atom is -0.298 e. The number of benzene rings is 3. The zero-order chi connectivity index (χ0) is 22.5. The second-order valence-corrected chi connectivity index (χ2v) is 10.2. The highest BCUT2D eigenvalue weighted by atomic mass is 35.5. The van der Waals surface area contributed by atoms with Gasteiger partial charge in [-0.05, 0) is 36.4 Å². The van der Waals surface area contributed by atoms with Gasteiger partial charge in [0.15, 0.2) is 10.9 Å². The summed E-state index contributed by atoms with van der Waals surface area (Å²) in [5.41, 5.74) is 1.64. The van der Waals surface area contributed by atoms with Crippen molar-refractivity contribution in [2.75, 3.05) is 5.32 Å². The van der Waals surface area contributed by atoms with Crippen molar-refractivity contribution < 1.29 is 18.0 Å². The standard InChI is InChI=1S/C23H13ClN2O4S2/c24-17-7-3-1-5-14(17)18-12-31-23(25-18)26-22(28)13-9-10-16-20(11-13)32(29,30)19-8-4-2-6-15(19)21(16)27/h1-12H,(H,25,26,28). The van der Waals surface area contributed by atoms with Gasteiger partial charge in [0.05, 0.1) is 15.5 Å². The highest BCUT2D eigenvalue weighted by Crippen LogP contribution is 2.35. The van der Waals surface area contributed by atoms with Crippen LogP contribution in [0, 0.1) is 0 Å². The van der Waals surface area contributed by atoms with Crippen LogP contribution in [-0.2, 0) is 9.84 Å². The SMILES string of the molecule is O=C(Nc1nc(-c2ccccc2Cl)cs1)c1ccc2c(c1)S(=O)(=O)c1ccccc1C2=O. The molecule has 0 fully saturated rings. The summed E-state index contributed by atoms with van der Waals surface area (Å²) in [7, 11) is -3.93. The Balaban J connectivity index is 1.46. The monoisotopic (exact) mass is 480 g/mol. The molecule has 1 aliphatic heterocycles. The zero-order valence-corrected chi connectivity index (χ0v) is 18.6. The molecule has 0 radical (unpaired) electrons. The zero-order valence-electron chi connectivity index (χ0n) is 16.2. The number of ketones is 1. The van der Waals surface area contributed by atoms with E-state index in [1.807, 2.05) is 18.2 Å². The van der Waals surface area contributed by atoms with Crippen LogP contribution >= 0.6 is 22.9 Å². The normalized spacial score (nSPS) is 13.8. The molecule has 0 saturated carbocycles. The fraction of sp³-hybridized carbons (Fsp3) is 0. The van der Waals surface area contributed by atoms with Crippen LogP contribution in [0.1, 0.15) is 26.3 Å². The number of sulfone groups is 1. The number of rotatable bonds is 3. The van der Waals surface area contributed by atoms with Gasteiger partial charge in [-0.2, -0.15) is 0 Å². The summed E-state index contributed by atoms with van der Waals surface area (Å²) in [6, 6.07) is 17.3. The number of fused-ring (bicyclic) bond motifs is 2. The molecule has 0 atom stereocenters. The Kier molecular flexibility index (Phi) is 4.93. The van der Waals surface area contributed by atoms with Crippen LogP contribution in [-0.4, -0.2) is 25.1 Å².